The molecular weight excluding hydrogens is 450 g/mol. The number of ether oxygens (including phenoxy) is 2. The molecule has 0 bridgehead atoms. The van der Waals surface area contributed by atoms with Crippen molar-refractivity contribution >= 4 is 5.97 Å². The lowest BCUT2D eigenvalue weighted by molar-refractivity contribution is -0.141. The molecule has 5 nitrogen and oxygen atoms in total. The summed E-state index contributed by atoms with van der Waals surface area (Å²) in [5, 5.41) is 14.2. The van der Waals surface area contributed by atoms with Crippen molar-refractivity contribution in [2.75, 3.05) is 6.54 Å². The predicted molar refractivity (Wildman–Crippen MR) is 147 cm³/mol. The fourth-order valence-corrected chi connectivity index (χ4v) is 4.67. The SMILES string of the molecule is C#CCNC1C[C@@H](C(O)/C=C/C=C(\C)CC(C)/C=C(C)\C=C\[C@H]2CC=CC(=O)O2)O[C@@H](/C=C/C)C1C. The summed E-state index contributed by atoms with van der Waals surface area (Å²) in [4.78, 5) is 11.3. The Morgan fingerprint density at radius 2 is 2.14 bits per heavy atom. The van der Waals surface area contributed by atoms with Crippen molar-refractivity contribution in [1.29, 1.82) is 0 Å². The molecule has 0 amide bonds. The third-order valence-electron chi connectivity index (χ3n) is 6.54. The van der Waals surface area contributed by atoms with Crippen LogP contribution in [0.25, 0.3) is 0 Å². The summed E-state index contributed by atoms with van der Waals surface area (Å²) in [6.45, 7) is 11.0. The smallest absolute Gasteiger partial charge is 0.331 e. The monoisotopic (exact) mass is 493 g/mol. The number of carbonyl (C=O) groups excluding carboxylic acids is 1. The van der Waals surface area contributed by atoms with Crippen LogP contribution in [0.2, 0.25) is 0 Å². The van der Waals surface area contributed by atoms with E-state index in [9.17, 15) is 9.90 Å². The molecule has 2 rings (SSSR count). The molecule has 2 aliphatic rings. The summed E-state index contributed by atoms with van der Waals surface area (Å²) < 4.78 is 11.5. The Hall–Kier alpha value is -2.65. The molecular formula is C31H43NO4. The molecule has 2 heterocycles. The highest BCUT2D eigenvalue weighted by molar-refractivity contribution is 5.82. The predicted octanol–water partition coefficient (Wildman–Crippen LogP) is 5.21. The van der Waals surface area contributed by atoms with Crippen molar-refractivity contribution in [3.05, 3.63) is 71.9 Å². The van der Waals surface area contributed by atoms with Gasteiger partial charge in [-0.3, -0.25) is 0 Å². The third-order valence-corrected chi connectivity index (χ3v) is 6.54. The van der Waals surface area contributed by atoms with Gasteiger partial charge in [-0.15, -0.1) is 6.42 Å². The highest BCUT2D eigenvalue weighted by Gasteiger charge is 2.36. The summed E-state index contributed by atoms with van der Waals surface area (Å²) in [6, 6.07) is 0.188. The Morgan fingerprint density at radius 1 is 1.36 bits per heavy atom. The summed E-state index contributed by atoms with van der Waals surface area (Å²) in [5.41, 5.74) is 2.36. The minimum Gasteiger partial charge on any atom is -0.455 e. The van der Waals surface area contributed by atoms with Gasteiger partial charge in [-0.05, 0) is 45.6 Å². The lowest BCUT2D eigenvalue weighted by Crippen LogP contribution is -2.51. The number of carbonyl (C=O) groups is 1. The number of aliphatic hydroxyl groups is 1. The summed E-state index contributed by atoms with van der Waals surface area (Å²) in [7, 11) is 0. The molecule has 36 heavy (non-hydrogen) atoms. The van der Waals surface area contributed by atoms with Crippen LogP contribution in [-0.2, 0) is 14.3 Å². The number of hydrogen-bond donors (Lipinski definition) is 2. The maximum absolute atomic E-state index is 11.3. The van der Waals surface area contributed by atoms with Crippen LogP contribution in [0.1, 0.15) is 53.9 Å². The summed E-state index contributed by atoms with van der Waals surface area (Å²) in [6.07, 6.45) is 25.8. The first-order valence-corrected chi connectivity index (χ1v) is 12.9. The van der Waals surface area contributed by atoms with E-state index in [1.54, 1.807) is 0 Å². The van der Waals surface area contributed by atoms with Crippen LogP contribution in [-0.4, -0.2) is 48.1 Å². The average molecular weight is 494 g/mol. The van der Waals surface area contributed by atoms with Gasteiger partial charge in [0.15, 0.2) is 0 Å². The molecule has 196 valence electrons. The largest absolute Gasteiger partial charge is 0.455 e. The fourth-order valence-electron chi connectivity index (χ4n) is 4.67. The van der Waals surface area contributed by atoms with Crippen molar-refractivity contribution in [1.82, 2.24) is 5.32 Å². The van der Waals surface area contributed by atoms with E-state index in [0.717, 1.165) is 12.0 Å². The number of hydrogen-bond acceptors (Lipinski definition) is 5. The molecule has 0 saturated carbocycles. The summed E-state index contributed by atoms with van der Waals surface area (Å²) >= 11 is 0. The number of nitrogens with one attached hydrogen (secondary N) is 1. The van der Waals surface area contributed by atoms with E-state index in [-0.39, 0.29) is 36.2 Å². The summed E-state index contributed by atoms with van der Waals surface area (Å²) in [5.74, 6) is 2.98. The van der Waals surface area contributed by atoms with Gasteiger partial charge in [0.05, 0.1) is 24.9 Å². The molecule has 0 aromatic rings. The van der Waals surface area contributed by atoms with Gasteiger partial charge in [-0.1, -0.05) is 79.5 Å². The number of terminal acetylenes is 1. The highest BCUT2D eigenvalue weighted by atomic mass is 16.5. The molecule has 0 spiro atoms. The highest BCUT2D eigenvalue weighted by Crippen LogP contribution is 2.28. The fraction of sp³-hybridized carbons (Fsp3) is 0.516. The Balaban J connectivity index is 1.90. The molecule has 2 N–H and O–H groups in total. The Morgan fingerprint density at radius 3 is 2.83 bits per heavy atom. The van der Waals surface area contributed by atoms with Crippen molar-refractivity contribution in [2.45, 2.75) is 84.3 Å². The van der Waals surface area contributed by atoms with E-state index in [2.05, 4.69) is 51.1 Å². The standard InChI is InChI=1S/C31H43NO4/c1-7-11-29-25(6)27(32-18-8-2)21-30(36-29)28(33)14-9-12-22(3)19-24(5)20-23(4)16-17-26-13-10-15-31(34)35-26/h2,7,9-12,14-17,20,24-30,32-33H,13,18-19,21H2,1,3-6H3/b11-7+,14-9+,17-16+,22-12+,23-20-/t24?,25?,26-,27?,28?,29+,30+/m1/s1. The Kier molecular flexibility index (Phi) is 12.7. The van der Waals surface area contributed by atoms with Crippen LogP contribution in [0.15, 0.2) is 71.9 Å². The first kappa shape index (κ1) is 29.6. The van der Waals surface area contributed by atoms with E-state index in [1.165, 1.54) is 11.6 Å². The zero-order valence-electron chi connectivity index (χ0n) is 22.4. The topological polar surface area (TPSA) is 67.8 Å². The van der Waals surface area contributed by atoms with Gasteiger partial charge in [0.25, 0.3) is 0 Å². The van der Waals surface area contributed by atoms with Crippen LogP contribution in [0.5, 0.6) is 0 Å². The van der Waals surface area contributed by atoms with E-state index in [0.29, 0.717) is 25.3 Å². The molecule has 1 fully saturated rings. The molecule has 5 heteroatoms. The van der Waals surface area contributed by atoms with E-state index < -0.39 is 6.10 Å². The van der Waals surface area contributed by atoms with Gasteiger partial charge >= 0.3 is 5.97 Å². The van der Waals surface area contributed by atoms with E-state index in [1.807, 2.05) is 49.5 Å². The quantitative estimate of drug-likeness (QED) is 0.179. The molecule has 4 unspecified atom stereocenters. The van der Waals surface area contributed by atoms with Crippen LogP contribution >= 0.6 is 0 Å². The molecule has 0 radical (unpaired) electrons. The van der Waals surface area contributed by atoms with Gasteiger partial charge < -0.3 is 19.9 Å². The maximum Gasteiger partial charge on any atom is 0.331 e. The molecule has 0 aromatic carbocycles. The second kappa shape index (κ2) is 15.5. The average Bonchev–Trinajstić information content (AvgIpc) is 2.83. The molecule has 2 aliphatic heterocycles. The second-order valence-corrected chi connectivity index (χ2v) is 9.90. The zero-order chi connectivity index (χ0) is 26.5. The minimum absolute atomic E-state index is 0.0593. The van der Waals surface area contributed by atoms with Crippen molar-refractivity contribution in [3.63, 3.8) is 0 Å². The van der Waals surface area contributed by atoms with Crippen LogP contribution < -0.4 is 5.32 Å². The second-order valence-electron chi connectivity index (χ2n) is 9.90. The number of allylic oxidation sites excluding steroid dienone is 7. The first-order valence-electron chi connectivity index (χ1n) is 12.9. The van der Waals surface area contributed by atoms with Crippen LogP contribution in [0.4, 0.5) is 0 Å². The third kappa shape index (κ3) is 10.1. The first-order chi connectivity index (χ1) is 17.2. The molecule has 0 aliphatic carbocycles. The van der Waals surface area contributed by atoms with Crippen molar-refractivity contribution in [2.24, 2.45) is 11.8 Å². The Bertz CT molecular complexity index is 933. The van der Waals surface area contributed by atoms with Crippen LogP contribution in [0.3, 0.4) is 0 Å². The minimum atomic E-state index is -0.696. The molecule has 1 saturated heterocycles. The van der Waals surface area contributed by atoms with Crippen molar-refractivity contribution in [3.8, 4) is 12.3 Å². The molecule has 7 atom stereocenters. The van der Waals surface area contributed by atoms with Crippen LogP contribution in [0, 0.1) is 24.2 Å². The number of rotatable bonds is 11. The lowest BCUT2D eigenvalue weighted by Gasteiger charge is -2.41. The lowest BCUT2D eigenvalue weighted by atomic mass is 9.86. The van der Waals surface area contributed by atoms with Gasteiger partial charge in [-0.2, -0.15) is 0 Å². The van der Waals surface area contributed by atoms with Gasteiger partial charge in [0.1, 0.15) is 6.10 Å². The number of cyclic esters (lactones) is 1. The van der Waals surface area contributed by atoms with E-state index in [4.69, 9.17) is 15.9 Å². The van der Waals surface area contributed by atoms with Crippen molar-refractivity contribution < 1.29 is 19.4 Å². The zero-order valence-corrected chi connectivity index (χ0v) is 22.4. The molecule has 0 aromatic heterocycles. The normalized spacial score (nSPS) is 29.6. The van der Waals surface area contributed by atoms with Gasteiger partial charge in [0, 0.05) is 24.5 Å². The maximum atomic E-state index is 11.3. The van der Waals surface area contributed by atoms with Gasteiger partial charge in [-0.25, -0.2) is 4.79 Å². The van der Waals surface area contributed by atoms with E-state index >= 15 is 0 Å². The Labute approximate surface area is 217 Å². The van der Waals surface area contributed by atoms with Gasteiger partial charge in [0.2, 0.25) is 0 Å². The number of esters is 1. The number of aliphatic hydroxyl groups excluding tert-OH is 1.